The molecule has 1 aromatic heterocycles. The van der Waals surface area contributed by atoms with E-state index in [4.69, 9.17) is 4.74 Å². The van der Waals surface area contributed by atoms with Crippen LogP contribution in [0.1, 0.15) is 34.0 Å². The van der Waals surface area contributed by atoms with E-state index in [9.17, 15) is 38.5 Å². The first-order valence-corrected chi connectivity index (χ1v) is 11.6. The molecule has 1 amide bonds. The van der Waals surface area contributed by atoms with Crippen LogP contribution in [-0.2, 0) is 22.2 Å². The molecule has 1 saturated carbocycles. The van der Waals surface area contributed by atoms with Gasteiger partial charge in [-0.25, -0.2) is 4.98 Å². The number of amides is 1. The lowest BCUT2D eigenvalue weighted by atomic mass is 9.71. The van der Waals surface area contributed by atoms with Crippen molar-refractivity contribution in [1.29, 1.82) is 5.26 Å². The van der Waals surface area contributed by atoms with Gasteiger partial charge in [-0.05, 0) is 23.3 Å². The molecular formula is C27H22F3N3O5. The van der Waals surface area contributed by atoms with Crippen LogP contribution in [0.5, 0.6) is 11.5 Å². The number of halogens is 3. The number of nitrogens with zero attached hydrogens (tertiary/aromatic N) is 3. The van der Waals surface area contributed by atoms with Crippen molar-refractivity contribution in [1.82, 2.24) is 9.88 Å². The van der Waals surface area contributed by atoms with Crippen molar-refractivity contribution >= 4 is 5.91 Å². The Morgan fingerprint density at radius 3 is 2.32 bits per heavy atom. The fourth-order valence-electron chi connectivity index (χ4n) is 5.76. The average molecular weight is 525 g/mol. The summed E-state index contributed by atoms with van der Waals surface area (Å²) in [6.45, 7) is 0. The van der Waals surface area contributed by atoms with Gasteiger partial charge in [-0.1, -0.05) is 42.5 Å². The van der Waals surface area contributed by atoms with Crippen molar-refractivity contribution in [3.8, 4) is 17.6 Å². The molecule has 5 rings (SSSR count). The summed E-state index contributed by atoms with van der Waals surface area (Å²) in [4.78, 5) is 18.3. The Hall–Kier alpha value is -4.14. The predicted octanol–water partition coefficient (Wildman–Crippen LogP) is 3.02. The van der Waals surface area contributed by atoms with E-state index in [1.54, 1.807) is 30.3 Å². The van der Waals surface area contributed by atoms with Crippen molar-refractivity contribution in [2.45, 2.75) is 29.4 Å². The molecule has 1 fully saturated rings. The van der Waals surface area contributed by atoms with Crippen molar-refractivity contribution in [2.24, 2.45) is 5.92 Å². The van der Waals surface area contributed by atoms with E-state index in [-0.39, 0.29) is 16.9 Å². The van der Waals surface area contributed by atoms with Gasteiger partial charge in [-0.2, -0.15) is 18.4 Å². The van der Waals surface area contributed by atoms with Gasteiger partial charge in [0.25, 0.3) is 0 Å². The molecule has 5 atom stereocenters. The number of aliphatic hydroxyl groups is 2. The topological polar surface area (TPSA) is 127 Å². The molecule has 8 nitrogen and oxygen atoms in total. The van der Waals surface area contributed by atoms with E-state index in [0.29, 0.717) is 11.6 Å². The van der Waals surface area contributed by atoms with Gasteiger partial charge in [-0.3, -0.25) is 4.79 Å². The Bertz CT molecular complexity index is 1460. The first kappa shape index (κ1) is 25.5. The highest BCUT2D eigenvalue weighted by Crippen LogP contribution is 2.68. The minimum atomic E-state index is -5.09. The molecule has 38 heavy (non-hydrogen) atoms. The molecule has 3 aromatic rings. The zero-order chi connectivity index (χ0) is 27.6. The predicted molar refractivity (Wildman–Crippen MR) is 126 cm³/mol. The number of aliphatic hydroxyl groups excluding tert-OH is 1. The number of hydrogen-bond acceptors (Lipinski definition) is 7. The zero-order valence-corrected chi connectivity index (χ0v) is 20.1. The third kappa shape index (κ3) is 3.30. The van der Waals surface area contributed by atoms with Crippen LogP contribution in [0.15, 0.2) is 60.7 Å². The van der Waals surface area contributed by atoms with Crippen molar-refractivity contribution < 1.29 is 38.0 Å². The summed E-state index contributed by atoms with van der Waals surface area (Å²) < 4.78 is 47.5. The van der Waals surface area contributed by atoms with Gasteiger partial charge in [0.15, 0.2) is 16.9 Å². The monoisotopic (exact) mass is 525 g/mol. The number of carbonyl (C=O) groups is 1. The zero-order valence-electron chi connectivity index (χ0n) is 20.1. The van der Waals surface area contributed by atoms with E-state index < -0.39 is 58.4 Å². The fraction of sp³-hybridized carbons (Fsp3) is 0.296. The molecule has 2 aromatic carbocycles. The van der Waals surface area contributed by atoms with E-state index in [1.165, 1.54) is 43.3 Å². The summed E-state index contributed by atoms with van der Waals surface area (Å²) in [6, 6.07) is 16.8. The summed E-state index contributed by atoms with van der Waals surface area (Å²) in [5.74, 6) is -4.69. The average Bonchev–Trinajstić information content (AvgIpc) is 3.25. The van der Waals surface area contributed by atoms with Gasteiger partial charge in [0.2, 0.25) is 5.91 Å². The molecule has 2 heterocycles. The summed E-state index contributed by atoms with van der Waals surface area (Å²) in [6.07, 6.45) is -7.06. The Morgan fingerprint density at radius 1 is 1.13 bits per heavy atom. The van der Waals surface area contributed by atoms with Gasteiger partial charge in [0.05, 0.1) is 17.6 Å². The van der Waals surface area contributed by atoms with Crippen LogP contribution in [0.25, 0.3) is 0 Å². The Morgan fingerprint density at radius 2 is 1.76 bits per heavy atom. The molecule has 0 unspecified atom stereocenters. The fourth-order valence-corrected chi connectivity index (χ4v) is 5.76. The standard InChI is InChI=1S/C27H22F3N3O5/c1-33(2)24(36)19-20(15-6-4-3-5-7-15)26(16-10-8-14(13-31)9-11-16)25(37,23(19)35)22-18(38-26)12-17(34)21(32-22)27(28,29)30/h3-12,19-20,23,34-35,37H,1-2H3/t19-,20-,23-,25+,26+/m1/s1. The third-order valence-corrected chi connectivity index (χ3v) is 7.33. The Balaban J connectivity index is 1.88. The molecule has 0 bridgehead atoms. The molecular weight excluding hydrogens is 503 g/mol. The lowest BCUT2D eigenvalue weighted by Gasteiger charge is -2.40. The lowest BCUT2D eigenvalue weighted by molar-refractivity contribution is -0.159. The number of benzene rings is 2. The van der Waals surface area contributed by atoms with Gasteiger partial charge >= 0.3 is 6.18 Å². The van der Waals surface area contributed by atoms with Crippen LogP contribution in [0, 0.1) is 17.2 Å². The van der Waals surface area contributed by atoms with Crippen LogP contribution in [0.4, 0.5) is 13.2 Å². The van der Waals surface area contributed by atoms with Gasteiger partial charge in [0, 0.05) is 26.1 Å². The number of rotatable bonds is 3. The summed E-state index contributed by atoms with van der Waals surface area (Å²) in [5.41, 5.74) is -6.16. The minimum Gasteiger partial charge on any atom is -0.506 e. The first-order chi connectivity index (χ1) is 17.9. The highest BCUT2D eigenvalue weighted by Gasteiger charge is 2.78. The molecule has 1 aliphatic carbocycles. The number of ether oxygens (including phenoxy) is 1. The minimum absolute atomic E-state index is 0.187. The molecule has 11 heteroatoms. The normalized spacial score (nSPS) is 27.7. The molecule has 2 aliphatic rings. The molecule has 0 spiro atoms. The largest absolute Gasteiger partial charge is 0.506 e. The maximum atomic E-state index is 13.7. The second kappa shape index (κ2) is 8.44. The van der Waals surface area contributed by atoms with Crippen LogP contribution >= 0.6 is 0 Å². The number of pyridine rings is 1. The van der Waals surface area contributed by atoms with E-state index in [0.717, 1.165) is 0 Å². The quantitative estimate of drug-likeness (QED) is 0.480. The number of nitriles is 1. The smallest absolute Gasteiger partial charge is 0.437 e. The second-order valence-corrected chi connectivity index (χ2v) is 9.59. The number of hydrogen-bond donors (Lipinski definition) is 3. The van der Waals surface area contributed by atoms with Crippen molar-refractivity contribution in [2.75, 3.05) is 14.1 Å². The third-order valence-electron chi connectivity index (χ3n) is 7.33. The van der Waals surface area contributed by atoms with Crippen LogP contribution in [0.3, 0.4) is 0 Å². The SMILES string of the molecule is CN(C)C(=O)[C@H]1[C@@H](O)[C@@]2(O)c3nc(C(F)(F)F)c(O)cc3O[C@@]2(c2ccc(C#N)cc2)[C@@H]1c1ccccc1. The molecule has 1 aliphatic heterocycles. The highest BCUT2D eigenvalue weighted by atomic mass is 19.4. The van der Waals surface area contributed by atoms with Gasteiger partial charge < -0.3 is 25.0 Å². The second-order valence-electron chi connectivity index (χ2n) is 9.59. The van der Waals surface area contributed by atoms with Gasteiger partial charge in [0.1, 0.15) is 23.3 Å². The first-order valence-electron chi connectivity index (χ1n) is 11.6. The van der Waals surface area contributed by atoms with Crippen LogP contribution in [-0.4, -0.2) is 51.3 Å². The molecule has 0 radical (unpaired) electrons. The van der Waals surface area contributed by atoms with Crippen LogP contribution < -0.4 is 4.74 Å². The number of fused-ring (bicyclic) bond motifs is 3. The summed E-state index contributed by atoms with van der Waals surface area (Å²) in [7, 11) is 2.91. The number of carbonyl (C=O) groups excluding carboxylic acids is 1. The summed E-state index contributed by atoms with van der Waals surface area (Å²) >= 11 is 0. The maximum Gasteiger partial charge on any atom is 0.437 e. The van der Waals surface area contributed by atoms with E-state index >= 15 is 0 Å². The highest BCUT2D eigenvalue weighted by molar-refractivity contribution is 5.82. The van der Waals surface area contributed by atoms with E-state index in [2.05, 4.69) is 4.98 Å². The van der Waals surface area contributed by atoms with Crippen LogP contribution in [0.2, 0.25) is 0 Å². The molecule has 196 valence electrons. The Kier molecular flexibility index (Phi) is 5.67. The molecule has 3 N–H and O–H groups in total. The number of aromatic hydroxyl groups is 1. The maximum absolute atomic E-state index is 13.7. The number of aromatic nitrogens is 1. The summed E-state index contributed by atoms with van der Waals surface area (Å²) in [5, 5.41) is 43.5. The Labute approximate surface area is 215 Å². The van der Waals surface area contributed by atoms with Crippen molar-refractivity contribution in [3.63, 3.8) is 0 Å². The van der Waals surface area contributed by atoms with E-state index in [1.807, 2.05) is 6.07 Å². The van der Waals surface area contributed by atoms with Gasteiger partial charge in [-0.15, -0.1) is 0 Å². The van der Waals surface area contributed by atoms with Crippen molar-refractivity contribution in [3.05, 3.63) is 88.7 Å². The number of alkyl halides is 3. The lowest BCUT2D eigenvalue weighted by Crippen LogP contribution is -2.52. The molecule has 0 saturated heterocycles.